The molecule has 0 spiro atoms. The molecule has 0 amide bonds. The Morgan fingerprint density at radius 3 is 2.33 bits per heavy atom. The van der Waals surface area contributed by atoms with Gasteiger partial charge in [0.15, 0.2) is 0 Å². The molecule has 0 saturated heterocycles. The minimum atomic E-state index is 0.878. The summed E-state index contributed by atoms with van der Waals surface area (Å²) in [6.45, 7) is 5.17. The first kappa shape index (κ1) is 11.3. The summed E-state index contributed by atoms with van der Waals surface area (Å²) >= 11 is 0. The highest BCUT2D eigenvalue weighted by Gasteiger charge is 2.17. The van der Waals surface area contributed by atoms with Crippen LogP contribution < -0.4 is 5.73 Å². The first-order valence-electron chi connectivity index (χ1n) is 6.36. The Balaban J connectivity index is 1.74. The molecule has 0 fully saturated rings. The average Bonchev–Trinajstić information content (AvgIpc) is 2.76. The molecule has 3 rings (SSSR count). The highest BCUT2D eigenvalue weighted by atomic mass is 15.1. The van der Waals surface area contributed by atoms with Gasteiger partial charge in [-0.15, -0.1) is 0 Å². The maximum Gasteiger partial charge on any atom is 0.0343 e. The predicted octanol–water partition coefficient (Wildman–Crippen LogP) is 3.09. The lowest BCUT2D eigenvalue weighted by atomic mass is 10.1. The summed E-state index contributed by atoms with van der Waals surface area (Å²) in [5.74, 6) is 0. The van der Waals surface area contributed by atoms with Gasteiger partial charge in [0.1, 0.15) is 0 Å². The Labute approximate surface area is 108 Å². The van der Waals surface area contributed by atoms with Crippen molar-refractivity contribution in [3.05, 3.63) is 64.7 Å². The van der Waals surface area contributed by atoms with Crippen LogP contribution >= 0.6 is 0 Å². The lowest BCUT2D eigenvalue weighted by Crippen LogP contribution is -2.15. The number of nitrogens with two attached hydrogens (primary N) is 1. The maximum atomic E-state index is 5.85. The van der Waals surface area contributed by atoms with Gasteiger partial charge in [0, 0.05) is 25.3 Å². The van der Waals surface area contributed by atoms with Crippen LogP contribution in [-0.4, -0.2) is 4.90 Å². The molecule has 1 heterocycles. The molecule has 0 aliphatic carbocycles. The van der Waals surface area contributed by atoms with Crippen LogP contribution in [-0.2, 0) is 19.6 Å². The second-order valence-electron chi connectivity index (χ2n) is 5.10. The first-order valence-corrected chi connectivity index (χ1v) is 6.36. The Kier molecular flexibility index (Phi) is 2.80. The molecule has 2 aromatic carbocycles. The lowest BCUT2D eigenvalue weighted by Gasteiger charge is -2.15. The smallest absolute Gasteiger partial charge is 0.0343 e. The molecule has 0 bridgehead atoms. The molecular formula is C16H18N2. The Bertz CT molecular complexity index is 550. The van der Waals surface area contributed by atoms with Gasteiger partial charge in [-0.2, -0.15) is 0 Å². The van der Waals surface area contributed by atoms with Gasteiger partial charge < -0.3 is 5.73 Å². The number of hydrogen-bond acceptors (Lipinski definition) is 2. The summed E-state index contributed by atoms with van der Waals surface area (Å²) in [6, 6.07) is 15.0. The molecule has 18 heavy (non-hydrogen) atoms. The standard InChI is InChI=1S/C16H18N2/c1-12-8-13(6-7-16(12)17)9-18-10-14-4-2-3-5-15(14)11-18/h2-8H,9-11,17H2,1H3. The van der Waals surface area contributed by atoms with Crippen LogP contribution in [0.3, 0.4) is 0 Å². The number of nitrogen functional groups attached to an aromatic ring is 1. The molecule has 0 unspecified atom stereocenters. The summed E-state index contributed by atoms with van der Waals surface area (Å²) in [5.41, 5.74) is 12.2. The Morgan fingerprint density at radius 1 is 1.06 bits per heavy atom. The summed E-state index contributed by atoms with van der Waals surface area (Å²) in [6.07, 6.45) is 0. The Morgan fingerprint density at radius 2 is 1.72 bits per heavy atom. The molecule has 0 radical (unpaired) electrons. The number of anilines is 1. The number of hydrogen-bond donors (Lipinski definition) is 1. The third kappa shape index (κ3) is 2.12. The molecule has 2 heteroatoms. The van der Waals surface area contributed by atoms with Crippen molar-refractivity contribution in [3.8, 4) is 0 Å². The van der Waals surface area contributed by atoms with E-state index in [1.807, 2.05) is 6.07 Å². The van der Waals surface area contributed by atoms with Gasteiger partial charge in [0.2, 0.25) is 0 Å². The molecule has 0 saturated carbocycles. The van der Waals surface area contributed by atoms with E-state index in [-0.39, 0.29) is 0 Å². The van der Waals surface area contributed by atoms with E-state index in [4.69, 9.17) is 5.73 Å². The molecule has 2 nitrogen and oxygen atoms in total. The molecule has 1 aliphatic heterocycles. The second-order valence-corrected chi connectivity index (χ2v) is 5.10. The molecule has 92 valence electrons. The van der Waals surface area contributed by atoms with E-state index in [2.05, 4.69) is 48.2 Å². The van der Waals surface area contributed by atoms with Gasteiger partial charge in [-0.25, -0.2) is 0 Å². The van der Waals surface area contributed by atoms with Crippen molar-refractivity contribution < 1.29 is 0 Å². The number of rotatable bonds is 2. The van der Waals surface area contributed by atoms with Crippen molar-refractivity contribution in [2.45, 2.75) is 26.6 Å². The van der Waals surface area contributed by atoms with Crippen LogP contribution in [0, 0.1) is 6.92 Å². The van der Waals surface area contributed by atoms with E-state index in [1.165, 1.54) is 22.3 Å². The predicted molar refractivity (Wildman–Crippen MR) is 75.0 cm³/mol. The van der Waals surface area contributed by atoms with Crippen molar-refractivity contribution in [3.63, 3.8) is 0 Å². The number of benzene rings is 2. The normalized spacial score (nSPS) is 14.7. The monoisotopic (exact) mass is 238 g/mol. The quantitative estimate of drug-likeness (QED) is 0.815. The topological polar surface area (TPSA) is 29.3 Å². The van der Waals surface area contributed by atoms with Crippen LogP contribution in [0.5, 0.6) is 0 Å². The largest absolute Gasteiger partial charge is 0.399 e. The fourth-order valence-corrected chi connectivity index (χ4v) is 2.61. The van der Waals surface area contributed by atoms with Gasteiger partial charge in [-0.1, -0.05) is 36.4 Å². The second kappa shape index (κ2) is 4.46. The zero-order valence-electron chi connectivity index (χ0n) is 10.7. The fourth-order valence-electron chi connectivity index (χ4n) is 2.61. The van der Waals surface area contributed by atoms with E-state index < -0.39 is 0 Å². The molecule has 1 aliphatic rings. The average molecular weight is 238 g/mol. The van der Waals surface area contributed by atoms with E-state index in [9.17, 15) is 0 Å². The van der Waals surface area contributed by atoms with Crippen LogP contribution in [0.4, 0.5) is 5.69 Å². The van der Waals surface area contributed by atoms with Crippen LogP contribution in [0.15, 0.2) is 42.5 Å². The molecular weight excluding hydrogens is 220 g/mol. The molecule has 0 aromatic heterocycles. The van der Waals surface area contributed by atoms with Crippen LogP contribution in [0.25, 0.3) is 0 Å². The van der Waals surface area contributed by atoms with Gasteiger partial charge in [-0.3, -0.25) is 4.90 Å². The van der Waals surface area contributed by atoms with Crippen LogP contribution in [0.2, 0.25) is 0 Å². The van der Waals surface area contributed by atoms with Gasteiger partial charge in [0.25, 0.3) is 0 Å². The van der Waals surface area contributed by atoms with Gasteiger partial charge >= 0.3 is 0 Å². The maximum absolute atomic E-state index is 5.85. The van der Waals surface area contributed by atoms with Crippen molar-refractivity contribution in [1.82, 2.24) is 4.90 Å². The van der Waals surface area contributed by atoms with Gasteiger partial charge in [0.05, 0.1) is 0 Å². The molecule has 2 N–H and O–H groups in total. The van der Waals surface area contributed by atoms with E-state index in [1.54, 1.807) is 0 Å². The molecule has 2 aromatic rings. The third-order valence-electron chi connectivity index (χ3n) is 3.65. The Hall–Kier alpha value is -1.80. The summed E-state index contributed by atoms with van der Waals surface area (Å²) in [4.78, 5) is 2.47. The highest BCUT2D eigenvalue weighted by Crippen LogP contribution is 2.24. The third-order valence-corrected chi connectivity index (χ3v) is 3.65. The fraction of sp³-hybridized carbons (Fsp3) is 0.250. The number of fused-ring (bicyclic) bond motifs is 1. The number of aryl methyl sites for hydroxylation is 1. The molecule has 0 atom stereocenters. The highest BCUT2D eigenvalue weighted by molar-refractivity contribution is 5.47. The van der Waals surface area contributed by atoms with Crippen molar-refractivity contribution in [1.29, 1.82) is 0 Å². The van der Waals surface area contributed by atoms with Crippen molar-refractivity contribution in [2.24, 2.45) is 0 Å². The SMILES string of the molecule is Cc1cc(CN2Cc3ccccc3C2)ccc1N. The van der Waals surface area contributed by atoms with E-state index in [0.717, 1.165) is 25.3 Å². The summed E-state index contributed by atoms with van der Waals surface area (Å²) in [7, 11) is 0. The zero-order chi connectivity index (χ0) is 12.5. The zero-order valence-corrected chi connectivity index (χ0v) is 10.7. The minimum Gasteiger partial charge on any atom is -0.399 e. The van der Waals surface area contributed by atoms with E-state index >= 15 is 0 Å². The van der Waals surface area contributed by atoms with E-state index in [0.29, 0.717) is 0 Å². The van der Waals surface area contributed by atoms with Crippen LogP contribution in [0.1, 0.15) is 22.3 Å². The summed E-state index contributed by atoms with van der Waals surface area (Å²) < 4.78 is 0. The van der Waals surface area contributed by atoms with Crippen molar-refractivity contribution in [2.75, 3.05) is 5.73 Å². The number of nitrogens with zero attached hydrogens (tertiary/aromatic N) is 1. The van der Waals surface area contributed by atoms with Crippen molar-refractivity contribution >= 4 is 5.69 Å². The summed E-state index contributed by atoms with van der Waals surface area (Å²) in [5, 5.41) is 0. The first-order chi connectivity index (χ1) is 8.72. The lowest BCUT2D eigenvalue weighted by molar-refractivity contribution is 0.275. The minimum absolute atomic E-state index is 0.878. The van der Waals surface area contributed by atoms with Gasteiger partial charge in [-0.05, 0) is 35.2 Å².